The monoisotopic (exact) mass is 239 g/mol. The number of nitrogens with one attached hydrogen (secondary N) is 2. The van der Waals surface area contributed by atoms with E-state index in [1.807, 2.05) is 5.32 Å². The normalized spacial score (nSPS) is 11.6. The van der Waals surface area contributed by atoms with Gasteiger partial charge in [-0.15, -0.1) is 0 Å². The van der Waals surface area contributed by atoms with Crippen molar-refractivity contribution >= 4 is 18.2 Å². The molecule has 0 spiro atoms. The molecule has 0 fully saturated rings. The molecular formula is C10H13N3O4. The van der Waals surface area contributed by atoms with Crippen LogP contribution in [-0.2, 0) is 9.59 Å². The minimum Gasteiger partial charge on any atom is -0.438 e. The van der Waals surface area contributed by atoms with E-state index in [9.17, 15) is 14.4 Å². The number of rotatable bonds is 6. The lowest BCUT2D eigenvalue weighted by Gasteiger charge is -2.11. The third-order valence-corrected chi connectivity index (χ3v) is 2.06. The highest BCUT2D eigenvalue weighted by molar-refractivity contribution is 5.91. The van der Waals surface area contributed by atoms with E-state index in [-0.39, 0.29) is 30.0 Å². The van der Waals surface area contributed by atoms with Crippen LogP contribution in [0, 0.1) is 0 Å². The van der Waals surface area contributed by atoms with E-state index in [0.717, 1.165) is 6.39 Å². The maximum atomic E-state index is 11.5. The standard InChI is InChI=1S/C10H13N3O4/c1-7(2-3-9(15)12-5-14)13-10(16)8-4-11-6-17-8/h4-7H,2-3H2,1H3,(H,13,16)(H,12,14,15). The van der Waals surface area contributed by atoms with E-state index in [1.54, 1.807) is 6.92 Å². The summed E-state index contributed by atoms with van der Waals surface area (Å²) in [7, 11) is 0. The zero-order valence-corrected chi connectivity index (χ0v) is 9.30. The predicted molar refractivity (Wildman–Crippen MR) is 56.9 cm³/mol. The fourth-order valence-corrected chi connectivity index (χ4v) is 1.18. The summed E-state index contributed by atoms with van der Waals surface area (Å²) in [6.45, 7) is 1.75. The Morgan fingerprint density at radius 2 is 2.35 bits per heavy atom. The van der Waals surface area contributed by atoms with Gasteiger partial charge in [-0.25, -0.2) is 4.98 Å². The molecule has 0 bridgehead atoms. The molecule has 3 amide bonds. The molecule has 0 aromatic carbocycles. The number of imide groups is 1. The SMILES string of the molecule is CC(CCC(=O)NC=O)NC(=O)c1cnco1. The summed E-state index contributed by atoms with van der Waals surface area (Å²) in [5.41, 5.74) is 0. The van der Waals surface area contributed by atoms with Gasteiger partial charge in [-0.05, 0) is 13.3 Å². The molecule has 0 aliphatic heterocycles. The van der Waals surface area contributed by atoms with Crippen molar-refractivity contribution in [3.63, 3.8) is 0 Å². The van der Waals surface area contributed by atoms with E-state index in [0.29, 0.717) is 12.8 Å². The molecule has 92 valence electrons. The molecular weight excluding hydrogens is 226 g/mol. The Balaban J connectivity index is 2.30. The van der Waals surface area contributed by atoms with Gasteiger partial charge in [0.1, 0.15) is 0 Å². The fraction of sp³-hybridized carbons (Fsp3) is 0.400. The second-order valence-corrected chi connectivity index (χ2v) is 3.46. The minimum atomic E-state index is -0.384. The summed E-state index contributed by atoms with van der Waals surface area (Å²) in [6.07, 6.45) is 3.40. The summed E-state index contributed by atoms with van der Waals surface area (Å²) < 4.78 is 4.81. The third kappa shape index (κ3) is 4.45. The van der Waals surface area contributed by atoms with Crippen molar-refractivity contribution in [1.82, 2.24) is 15.6 Å². The number of carbonyl (C=O) groups excluding carboxylic acids is 3. The summed E-state index contributed by atoms with van der Waals surface area (Å²) in [6, 6.07) is -0.204. The van der Waals surface area contributed by atoms with Gasteiger partial charge in [-0.2, -0.15) is 0 Å². The fourth-order valence-electron chi connectivity index (χ4n) is 1.18. The number of hydrogen-bond donors (Lipinski definition) is 2. The Bertz CT molecular complexity index is 388. The molecule has 1 aromatic heterocycles. The molecule has 17 heavy (non-hydrogen) atoms. The van der Waals surface area contributed by atoms with Crippen molar-refractivity contribution in [2.75, 3.05) is 0 Å². The molecule has 0 aliphatic carbocycles. The van der Waals surface area contributed by atoms with Crippen molar-refractivity contribution in [1.29, 1.82) is 0 Å². The third-order valence-electron chi connectivity index (χ3n) is 2.06. The first-order valence-electron chi connectivity index (χ1n) is 5.06. The Morgan fingerprint density at radius 1 is 1.59 bits per heavy atom. The smallest absolute Gasteiger partial charge is 0.288 e. The van der Waals surface area contributed by atoms with Crippen LogP contribution in [0.2, 0.25) is 0 Å². The van der Waals surface area contributed by atoms with Gasteiger partial charge in [-0.3, -0.25) is 19.7 Å². The Kier molecular flexibility index (Phi) is 4.86. The number of aromatic nitrogens is 1. The first-order chi connectivity index (χ1) is 8.13. The van der Waals surface area contributed by atoms with Crippen molar-refractivity contribution in [2.45, 2.75) is 25.8 Å². The van der Waals surface area contributed by atoms with Crippen LogP contribution in [0.4, 0.5) is 0 Å². The first-order valence-corrected chi connectivity index (χ1v) is 5.06. The number of nitrogens with zero attached hydrogens (tertiary/aromatic N) is 1. The Hall–Kier alpha value is -2.18. The lowest BCUT2D eigenvalue weighted by Crippen LogP contribution is -2.33. The van der Waals surface area contributed by atoms with Gasteiger partial charge in [0.15, 0.2) is 6.39 Å². The van der Waals surface area contributed by atoms with Crippen LogP contribution in [0.15, 0.2) is 17.0 Å². The van der Waals surface area contributed by atoms with Crippen LogP contribution >= 0.6 is 0 Å². The molecule has 0 saturated carbocycles. The second-order valence-electron chi connectivity index (χ2n) is 3.46. The zero-order valence-electron chi connectivity index (χ0n) is 9.30. The highest BCUT2D eigenvalue weighted by atomic mass is 16.3. The maximum Gasteiger partial charge on any atom is 0.288 e. The van der Waals surface area contributed by atoms with Crippen LogP contribution < -0.4 is 10.6 Å². The van der Waals surface area contributed by atoms with E-state index in [4.69, 9.17) is 4.42 Å². The molecule has 0 radical (unpaired) electrons. The molecule has 2 N–H and O–H groups in total. The quantitative estimate of drug-likeness (QED) is 0.672. The molecule has 1 atom stereocenters. The van der Waals surface area contributed by atoms with Gasteiger partial charge in [0.25, 0.3) is 5.91 Å². The molecule has 1 aromatic rings. The highest BCUT2D eigenvalue weighted by Crippen LogP contribution is 2.00. The lowest BCUT2D eigenvalue weighted by atomic mass is 10.1. The van der Waals surface area contributed by atoms with Gasteiger partial charge in [-0.1, -0.05) is 0 Å². The summed E-state index contributed by atoms with van der Waals surface area (Å²) in [5, 5.41) is 4.66. The van der Waals surface area contributed by atoms with Crippen LogP contribution in [0.3, 0.4) is 0 Å². The van der Waals surface area contributed by atoms with Crippen molar-refractivity contribution in [3.05, 3.63) is 18.4 Å². The lowest BCUT2D eigenvalue weighted by molar-refractivity contribution is -0.125. The Labute approximate surface area is 97.6 Å². The summed E-state index contributed by atoms with van der Waals surface area (Å²) in [5.74, 6) is -0.638. The van der Waals surface area contributed by atoms with Gasteiger partial charge in [0, 0.05) is 12.5 Å². The van der Waals surface area contributed by atoms with Crippen molar-refractivity contribution in [2.24, 2.45) is 0 Å². The average Bonchev–Trinajstić information content (AvgIpc) is 2.80. The second kappa shape index (κ2) is 6.41. The highest BCUT2D eigenvalue weighted by Gasteiger charge is 2.13. The van der Waals surface area contributed by atoms with E-state index in [2.05, 4.69) is 10.3 Å². The molecule has 1 unspecified atom stereocenters. The number of carbonyl (C=O) groups is 3. The molecule has 7 nitrogen and oxygen atoms in total. The molecule has 7 heteroatoms. The van der Waals surface area contributed by atoms with Crippen molar-refractivity contribution < 1.29 is 18.8 Å². The average molecular weight is 239 g/mol. The van der Waals surface area contributed by atoms with Crippen LogP contribution in [0.1, 0.15) is 30.3 Å². The van der Waals surface area contributed by atoms with Gasteiger partial charge < -0.3 is 9.73 Å². The number of hydrogen-bond acceptors (Lipinski definition) is 5. The minimum absolute atomic E-state index is 0.120. The van der Waals surface area contributed by atoms with Crippen molar-refractivity contribution in [3.8, 4) is 0 Å². The van der Waals surface area contributed by atoms with Gasteiger partial charge >= 0.3 is 0 Å². The zero-order chi connectivity index (χ0) is 12.7. The number of oxazole rings is 1. The molecule has 1 heterocycles. The summed E-state index contributed by atoms with van der Waals surface area (Å²) >= 11 is 0. The molecule has 1 rings (SSSR count). The van der Waals surface area contributed by atoms with Crippen LogP contribution in [-0.4, -0.2) is 29.3 Å². The summed E-state index contributed by atoms with van der Waals surface area (Å²) in [4.78, 5) is 36.1. The Morgan fingerprint density at radius 3 is 2.94 bits per heavy atom. The predicted octanol–water partition coefficient (Wildman–Crippen LogP) is -0.154. The maximum absolute atomic E-state index is 11.5. The van der Waals surface area contributed by atoms with Crippen LogP contribution in [0.25, 0.3) is 0 Å². The number of amides is 3. The van der Waals surface area contributed by atoms with Gasteiger partial charge in [0.2, 0.25) is 18.1 Å². The van der Waals surface area contributed by atoms with E-state index >= 15 is 0 Å². The van der Waals surface area contributed by atoms with E-state index in [1.165, 1.54) is 6.20 Å². The first kappa shape index (κ1) is 12.9. The van der Waals surface area contributed by atoms with Crippen LogP contribution in [0.5, 0.6) is 0 Å². The van der Waals surface area contributed by atoms with E-state index < -0.39 is 0 Å². The molecule has 0 aliphatic rings. The topological polar surface area (TPSA) is 101 Å². The molecule has 0 saturated heterocycles. The largest absolute Gasteiger partial charge is 0.438 e. The van der Waals surface area contributed by atoms with Gasteiger partial charge in [0.05, 0.1) is 6.20 Å².